The standard InChI is InChI=1S/C25H36N8O10S2/c1-13-10-26-32(30-13)11-15-17(19(35)33(15)45(38,39)40)28-18(34)16(31-43-25(8,9)20(36)41-23(2,3)4)14-12-44-21(27-14)29-22(37)42-24(5,6)7/h10,12,15,17H,11H2,1-9H3,(H,28,34)(H,27,29,37)(H,38,39,40)/b31-16-/t15-,17+/m1/s1. The Morgan fingerprint density at radius 1 is 1.09 bits per heavy atom. The molecular formula is C25H36N8O10S2. The molecule has 0 bridgehead atoms. The smallest absolute Gasteiger partial charge is 0.413 e. The molecular weight excluding hydrogens is 636 g/mol. The fourth-order valence-corrected chi connectivity index (χ4v) is 5.18. The molecule has 0 radical (unpaired) electrons. The topological polar surface area (TPSA) is 234 Å². The molecule has 3 N–H and O–H groups in total. The van der Waals surface area contributed by atoms with Gasteiger partial charge in [0.2, 0.25) is 5.60 Å². The van der Waals surface area contributed by atoms with E-state index in [0.29, 0.717) is 5.69 Å². The number of hydrogen-bond acceptors (Lipinski definition) is 14. The highest BCUT2D eigenvalue weighted by atomic mass is 32.2. The Kier molecular flexibility index (Phi) is 9.95. The van der Waals surface area contributed by atoms with Crippen molar-refractivity contribution < 1.29 is 46.5 Å². The van der Waals surface area contributed by atoms with Crippen molar-refractivity contribution >= 4 is 56.4 Å². The average molecular weight is 673 g/mol. The van der Waals surface area contributed by atoms with E-state index in [1.54, 1.807) is 48.5 Å². The van der Waals surface area contributed by atoms with Crippen LogP contribution in [0.3, 0.4) is 0 Å². The first-order chi connectivity index (χ1) is 20.5. The molecule has 3 rings (SSSR count). The van der Waals surface area contributed by atoms with Gasteiger partial charge in [-0.3, -0.25) is 19.5 Å². The van der Waals surface area contributed by atoms with E-state index >= 15 is 0 Å². The van der Waals surface area contributed by atoms with Gasteiger partial charge in [0.15, 0.2) is 10.8 Å². The first-order valence-electron chi connectivity index (χ1n) is 13.4. The molecule has 2 atom stereocenters. The summed E-state index contributed by atoms with van der Waals surface area (Å²) in [6.07, 6.45) is 0.579. The van der Waals surface area contributed by atoms with Gasteiger partial charge in [0, 0.05) is 5.38 Å². The highest BCUT2D eigenvalue weighted by molar-refractivity contribution is 7.84. The number of carbonyl (C=O) groups is 4. The number of oxime groups is 1. The van der Waals surface area contributed by atoms with Crippen LogP contribution in [-0.4, -0.2) is 95.7 Å². The summed E-state index contributed by atoms with van der Waals surface area (Å²) in [5, 5.41) is 18.0. The predicted molar refractivity (Wildman–Crippen MR) is 158 cm³/mol. The van der Waals surface area contributed by atoms with Crippen LogP contribution in [0.2, 0.25) is 0 Å². The SMILES string of the molecule is Cc1cnn(C[C@@H]2[C@H](NC(=O)/C(=N\OC(C)(C)C(=O)OC(C)(C)C)c3csc(NC(=O)OC(C)(C)C)n3)C(=O)N2S(=O)(=O)O)n1. The zero-order chi connectivity index (χ0) is 34.1. The van der Waals surface area contributed by atoms with E-state index in [1.165, 1.54) is 25.4 Å². The zero-order valence-corrected chi connectivity index (χ0v) is 27.8. The molecule has 45 heavy (non-hydrogen) atoms. The fourth-order valence-electron chi connectivity index (χ4n) is 3.62. The van der Waals surface area contributed by atoms with Crippen LogP contribution in [0.4, 0.5) is 9.93 Å². The Hall–Kier alpha value is -4.17. The lowest BCUT2D eigenvalue weighted by atomic mass is 9.98. The van der Waals surface area contributed by atoms with Crippen LogP contribution in [-0.2, 0) is 45.5 Å². The second kappa shape index (κ2) is 12.7. The third kappa shape index (κ3) is 9.41. The molecule has 2 aromatic heterocycles. The predicted octanol–water partition coefficient (Wildman–Crippen LogP) is 1.43. The maximum Gasteiger partial charge on any atom is 0.413 e. The van der Waals surface area contributed by atoms with Crippen LogP contribution in [0.25, 0.3) is 0 Å². The molecule has 1 aliphatic rings. The number of thiazole rings is 1. The van der Waals surface area contributed by atoms with Gasteiger partial charge in [-0.05, 0) is 62.3 Å². The number of aromatic nitrogens is 4. The zero-order valence-electron chi connectivity index (χ0n) is 26.1. The highest BCUT2D eigenvalue weighted by Gasteiger charge is 2.54. The van der Waals surface area contributed by atoms with Crippen molar-refractivity contribution in [2.24, 2.45) is 5.16 Å². The van der Waals surface area contributed by atoms with Gasteiger partial charge < -0.3 is 19.6 Å². The quantitative estimate of drug-likeness (QED) is 0.107. The Balaban J connectivity index is 1.93. The van der Waals surface area contributed by atoms with Crippen LogP contribution < -0.4 is 10.6 Å². The number of β-lactam (4-membered cyclic amide) rings is 1. The molecule has 18 nitrogen and oxygen atoms in total. The van der Waals surface area contributed by atoms with Gasteiger partial charge in [0.25, 0.3) is 11.8 Å². The average Bonchev–Trinajstić information content (AvgIpc) is 3.47. The van der Waals surface area contributed by atoms with Crippen LogP contribution in [0.5, 0.6) is 0 Å². The molecule has 20 heteroatoms. The summed E-state index contributed by atoms with van der Waals surface area (Å²) >= 11 is 0.906. The first-order valence-corrected chi connectivity index (χ1v) is 15.7. The van der Waals surface area contributed by atoms with E-state index in [0.717, 1.165) is 16.1 Å². The number of anilines is 1. The minimum atomic E-state index is -5.00. The molecule has 0 aliphatic carbocycles. The third-order valence-corrected chi connectivity index (χ3v) is 7.24. The number of hydrogen-bond donors (Lipinski definition) is 3. The van der Waals surface area contributed by atoms with E-state index in [9.17, 15) is 32.1 Å². The summed E-state index contributed by atoms with van der Waals surface area (Å²) in [5.41, 5.74) is -3.54. The molecule has 3 heterocycles. The van der Waals surface area contributed by atoms with E-state index in [4.69, 9.17) is 14.3 Å². The Bertz CT molecular complexity index is 1600. The first kappa shape index (κ1) is 35.3. The maximum absolute atomic E-state index is 13.6. The summed E-state index contributed by atoms with van der Waals surface area (Å²) in [6.45, 7) is 14.0. The second-order valence-corrected chi connectivity index (χ2v) is 14.5. The Labute approximate surface area is 263 Å². The second-order valence-electron chi connectivity index (χ2n) is 12.4. The minimum absolute atomic E-state index is 0.0152. The summed E-state index contributed by atoms with van der Waals surface area (Å²) < 4.78 is 44.2. The van der Waals surface area contributed by atoms with Gasteiger partial charge >= 0.3 is 22.4 Å². The van der Waals surface area contributed by atoms with Gasteiger partial charge in [0.1, 0.15) is 29.0 Å². The van der Waals surface area contributed by atoms with Crippen molar-refractivity contribution in [3.05, 3.63) is 23.0 Å². The summed E-state index contributed by atoms with van der Waals surface area (Å²) in [5.74, 6) is -3.00. The number of carbonyl (C=O) groups excluding carboxylic acids is 4. The number of nitrogens with zero attached hydrogens (tertiary/aromatic N) is 6. The summed E-state index contributed by atoms with van der Waals surface area (Å²) in [4.78, 5) is 62.1. The van der Waals surface area contributed by atoms with Crippen LogP contribution in [0.1, 0.15) is 66.8 Å². The van der Waals surface area contributed by atoms with Gasteiger partial charge in [-0.15, -0.1) is 11.3 Å². The molecule has 2 aromatic rings. The van der Waals surface area contributed by atoms with Crippen LogP contribution >= 0.6 is 11.3 Å². The van der Waals surface area contributed by atoms with Gasteiger partial charge in [-0.2, -0.15) is 23.4 Å². The Morgan fingerprint density at radius 3 is 2.24 bits per heavy atom. The molecule has 0 saturated carbocycles. The van der Waals surface area contributed by atoms with Gasteiger partial charge in [-0.1, -0.05) is 5.16 Å². The highest BCUT2D eigenvalue weighted by Crippen LogP contribution is 2.26. The molecule has 1 saturated heterocycles. The summed E-state index contributed by atoms with van der Waals surface area (Å²) in [7, 11) is -5.00. The lowest BCUT2D eigenvalue weighted by molar-refractivity contribution is -0.179. The van der Waals surface area contributed by atoms with E-state index < -0.39 is 68.8 Å². The normalized spacial score (nSPS) is 17.8. The Morgan fingerprint density at radius 2 is 1.71 bits per heavy atom. The maximum atomic E-state index is 13.6. The molecule has 248 valence electrons. The molecule has 3 amide bonds. The van der Waals surface area contributed by atoms with Crippen molar-refractivity contribution in [1.82, 2.24) is 29.6 Å². The lowest BCUT2D eigenvalue weighted by Crippen LogP contribution is -2.73. The molecule has 1 aliphatic heterocycles. The van der Waals surface area contributed by atoms with E-state index in [2.05, 4.69) is 31.0 Å². The third-order valence-electron chi connectivity index (χ3n) is 5.53. The van der Waals surface area contributed by atoms with Crippen LogP contribution in [0.15, 0.2) is 16.7 Å². The van der Waals surface area contributed by atoms with Crippen molar-refractivity contribution in [2.75, 3.05) is 5.32 Å². The number of nitrogens with one attached hydrogen (secondary N) is 2. The van der Waals surface area contributed by atoms with Crippen molar-refractivity contribution in [2.45, 2.75) is 97.7 Å². The van der Waals surface area contributed by atoms with Crippen molar-refractivity contribution in [3.63, 3.8) is 0 Å². The number of aryl methyl sites for hydroxylation is 1. The lowest BCUT2D eigenvalue weighted by Gasteiger charge is -2.43. The fraction of sp³-hybridized carbons (Fsp3) is 0.600. The van der Waals surface area contributed by atoms with E-state index in [-0.39, 0.29) is 21.7 Å². The largest absolute Gasteiger partial charge is 0.457 e. The molecule has 0 aromatic carbocycles. The van der Waals surface area contributed by atoms with E-state index in [1.807, 2.05) is 0 Å². The molecule has 1 fully saturated rings. The number of ether oxygens (including phenoxy) is 2. The van der Waals surface area contributed by atoms with Crippen LogP contribution in [0, 0.1) is 6.92 Å². The number of amides is 3. The number of rotatable bonds is 10. The molecule has 0 spiro atoms. The summed E-state index contributed by atoms with van der Waals surface area (Å²) in [6, 6.07) is -2.80. The number of esters is 1. The molecule has 0 unspecified atom stereocenters. The van der Waals surface area contributed by atoms with Crippen molar-refractivity contribution in [1.29, 1.82) is 0 Å². The van der Waals surface area contributed by atoms with Gasteiger partial charge in [0.05, 0.1) is 18.4 Å². The van der Waals surface area contributed by atoms with Crippen molar-refractivity contribution in [3.8, 4) is 0 Å². The minimum Gasteiger partial charge on any atom is -0.457 e. The van der Waals surface area contributed by atoms with Gasteiger partial charge in [-0.25, -0.2) is 18.9 Å². The monoisotopic (exact) mass is 672 g/mol.